The number of hydrogen-bond acceptors (Lipinski definition) is 9. The van der Waals surface area contributed by atoms with Crippen molar-refractivity contribution in [2.24, 2.45) is 18.7 Å². The molecule has 338 valence electrons. The van der Waals surface area contributed by atoms with Gasteiger partial charge in [-0.2, -0.15) is 19.0 Å². The third-order valence-electron chi connectivity index (χ3n) is 11.9. The highest BCUT2D eigenvalue weighted by Gasteiger charge is 2.68. The van der Waals surface area contributed by atoms with E-state index in [0.717, 1.165) is 33.3 Å². The Morgan fingerprint density at radius 2 is 1.72 bits per heavy atom. The zero-order valence-corrected chi connectivity index (χ0v) is 35.8. The van der Waals surface area contributed by atoms with Gasteiger partial charge >= 0.3 is 0 Å². The molecule has 3 N–H and O–H groups in total. The van der Waals surface area contributed by atoms with E-state index in [9.17, 15) is 35.9 Å². The summed E-state index contributed by atoms with van der Waals surface area (Å²) in [6.45, 7) is -0.255. The van der Waals surface area contributed by atoms with Crippen molar-refractivity contribution in [2.75, 3.05) is 17.7 Å². The number of halogens is 7. The standard InChI is InChI=1S/C43H35ClF6N8O6S/c1-55-36-31(11-10-29(44)33(36)41(54-55)56(65(3,62)63)18-19-4-7-24(64-2)8-5-19)57-40(52-30-16-23(59)6-9-25(30)42(57)61)27(14-20-12-21(45)15-22(46)13-20)35(39(51)60)58-37-32(34(53-58)38(47)48)26-17-28(26)43(37,49)50/h4-13,15-16,26-28,35,38,59H,14,17-18H2,1-3H3,(H2,51,60)/t26-,27-,28+,35?/m0/s1. The van der Waals surface area contributed by atoms with Crippen molar-refractivity contribution in [2.45, 2.75) is 49.6 Å². The monoisotopic (exact) mass is 940 g/mol. The average Bonchev–Trinajstić information content (AvgIpc) is 3.74. The minimum atomic E-state index is -4.15. The van der Waals surface area contributed by atoms with Crippen molar-refractivity contribution in [1.82, 2.24) is 29.1 Å². The van der Waals surface area contributed by atoms with E-state index in [-0.39, 0.29) is 62.6 Å². The molecule has 9 rings (SSSR count). The second-order valence-electron chi connectivity index (χ2n) is 16.1. The van der Waals surface area contributed by atoms with Crippen LogP contribution in [0.5, 0.6) is 11.5 Å². The van der Waals surface area contributed by atoms with E-state index in [4.69, 9.17) is 27.1 Å². The number of ether oxygens (including phenoxy) is 1. The predicted molar refractivity (Wildman–Crippen MR) is 225 cm³/mol. The summed E-state index contributed by atoms with van der Waals surface area (Å²) in [7, 11) is -1.27. The van der Waals surface area contributed by atoms with Crippen LogP contribution in [-0.2, 0) is 40.8 Å². The van der Waals surface area contributed by atoms with Crippen molar-refractivity contribution in [3.63, 3.8) is 0 Å². The number of methoxy groups -OCH3 is 1. The summed E-state index contributed by atoms with van der Waals surface area (Å²) >= 11 is 6.86. The number of fused-ring (bicyclic) bond motifs is 5. The molecule has 4 atom stereocenters. The van der Waals surface area contributed by atoms with E-state index in [1.165, 1.54) is 43.1 Å². The van der Waals surface area contributed by atoms with Gasteiger partial charge in [-0.3, -0.25) is 18.8 Å². The number of amides is 1. The van der Waals surface area contributed by atoms with Gasteiger partial charge in [0.05, 0.1) is 58.3 Å². The SMILES string of the molecule is COc1ccc(CN(c2nn(C)c3c(-n4c([C@@H](Cc5cc(F)cc(F)c5)C(C(N)=O)n5nc(C(F)F)c6c5C(F)(F)[C@@H]5C[C@H]65)nc5cc(O)ccc5c4=O)ccc(Cl)c23)S(C)(=O)=O)cc1. The molecule has 0 aliphatic heterocycles. The number of sulfonamides is 1. The van der Waals surface area contributed by atoms with Crippen LogP contribution in [0.1, 0.15) is 64.6 Å². The smallest absolute Gasteiger partial charge is 0.293 e. The van der Waals surface area contributed by atoms with Crippen LogP contribution >= 0.6 is 11.6 Å². The zero-order valence-electron chi connectivity index (χ0n) is 34.2. The third kappa shape index (κ3) is 7.29. The minimum Gasteiger partial charge on any atom is -0.508 e. The van der Waals surface area contributed by atoms with E-state index in [1.807, 2.05) is 0 Å². The molecule has 22 heteroatoms. The summed E-state index contributed by atoms with van der Waals surface area (Å²) in [4.78, 5) is 33.8. The van der Waals surface area contributed by atoms with E-state index in [1.54, 1.807) is 24.3 Å². The first-order valence-electron chi connectivity index (χ1n) is 19.7. The molecular formula is C43H35ClF6N8O6S. The minimum absolute atomic E-state index is 0.00285. The van der Waals surface area contributed by atoms with E-state index in [2.05, 4.69) is 10.2 Å². The molecule has 0 bridgehead atoms. The molecule has 14 nitrogen and oxygen atoms in total. The lowest BCUT2D eigenvalue weighted by Gasteiger charge is -2.30. The Morgan fingerprint density at radius 3 is 2.35 bits per heavy atom. The molecule has 0 radical (unpaired) electrons. The maximum atomic E-state index is 16.2. The number of aromatic nitrogens is 6. The molecule has 2 aliphatic rings. The second-order valence-corrected chi connectivity index (χ2v) is 18.4. The summed E-state index contributed by atoms with van der Waals surface area (Å²) in [5, 5.41) is 18.8. The first-order valence-corrected chi connectivity index (χ1v) is 22.0. The molecule has 65 heavy (non-hydrogen) atoms. The van der Waals surface area contributed by atoms with Crippen molar-refractivity contribution in [1.29, 1.82) is 0 Å². The Hall–Kier alpha value is -6.61. The fourth-order valence-corrected chi connectivity index (χ4v) is 10.1. The highest BCUT2D eigenvalue weighted by Crippen LogP contribution is 2.68. The molecule has 3 heterocycles. The van der Waals surface area contributed by atoms with Crippen LogP contribution in [0.15, 0.2) is 77.6 Å². The Labute approximate surface area is 369 Å². The maximum Gasteiger partial charge on any atom is 0.293 e. The summed E-state index contributed by atoms with van der Waals surface area (Å²) in [5.74, 6) is -12.1. The first kappa shape index (κ1) is 43.6. The zero-order chi connectivity index (χ0) is 46.6. The van der Waals surface area contributed by atoms with Crippen LogP contribution in [0.25, 0.3) is 27.5 Å². The molecule has 1 fully saturated rings. The molecule has 0 saturated heterocycles. The Bertz CT molecular complexity index is 3270. The molecular weight excluding hydrogens is 906 g/mol. The number of primary amides is 1. The summed E-state index contributed by atoms with van der Waals surface area (Å²) < 4.78 is 128. The molecule has 1 amide bonds. The van der Waals surface area contributed by atoms with Gasteiger partial charge in [0.2, 0.25) is 15.9 Å². The van der Waals surface area contributed by atoms with Crippen LogP contribution in [0.2, 0.25) is 5.02 Å². The number of rotatable bonds is 13. The van der Waals surface area contributed by atoms with Crippen LogP contribution < -0.4 is 20.3 Å². The Balaban J connectivity index is 1.35. The number of phenolic OH excluding ortho intramolecular Hbond substituents is 1. The van der Waals surface area contributed by atoms with Crippen molar-refractivity contribution in [3.05, 3.63) is 134 Å². The van der Waals surface area contributed by atoms with Crippen molar-refractivity contribution in [3.8, 4) is 17.2 Å². The predicted octanol–water partition coefficient (Wildman–Crippen LogP) is 7.28. The molecule has 7 aromatic rings. The van der Waals surface area contributed by atoms with Crippen LogP contribution in [0, 0.1) is 17.6 Å². The van der Waals surface area contributed by atoms with Gasteiger partial charge in [-0.25, -0.2) is 40.0 Å². The number of hydrogen-bond donors (Lipinski definition) is 2. The normalized spacial score (nSPS) is 17.3. The van der Waals surface area contributed by atoms with Gasteiger partial charge in [-0.15, -0.1) is 0 Å². The third-order valence-corrected chi connectivity index (χ3v) is 13.3. The molecule has 2 aliphatic carbocycles. The molecule has 4 aromatic carbocycles. The van der Waals surface area contributed by atoms with Gasteiger partial charge in [0.25, 0.3) is 17.9 Å². The van der Waals surface area contributed by atoms with E-state index < -0.39 is 98.5 Å². The summed E-state index contributed by atoms with van der Waals surface area (Å²) in [5.41, 5.74) is 2.66. The number of nitrogens with two attached hydrogens (primary N) is 1. The topological polar surface area (TPSA) is 180 Å². The van der Waals surface area contributed by atoms with Gasteiger partial charge in [0.1, 0.15) is 46.4 Å². The summed E-state index contributed by atoms with van der Waals surface area (Å²) in [6.07, 6.45) is -3.25. The van der Waals surface area contributed by atoms with Gasteiger partial charge in [0.15, 0.2) is 5.82 Å². The Kier molecular flexibility index (Phi) is 10.4. The van der Waals surface area contributed by atoms with Crippen molar-refractivity contribution >= 4 is 55.2 Å². The quantitative estimate of drug-likeness (QED) is 0.112. The number of aryl methyl sites for hydroxylation is 1. The lowest BCUT2D eigenvalue weighted by atomic mass is 9.89. The lowest BCUT2D eigenvalue weighted by Crippen LogP contribution is -2.39. The number of nitrogens with zero attached hydrogens (tertiary/aromatic N) is 7. The second kappa shape index (κ2) is 15.5. The molecule has 1 unspecified atom stereocenters. The van der Waals surface area contributed by atoms with Crippen molar-refractivity contribution < 1.29 is 49.4 Å². The number of phenols is 1. The van der Waals surface area contributed by atoms with Crippen LogP contribution in [0.4, 0.5) is 32.2 Å². The van der Waals surface area contributed by atoms with E-state index >= 15 is 13.6 Å². The average molecular weight is 941 g/mol. The number of benzene rings is 4. The van der Waals surface area contributed by atoms with Gasteiger partial charge in [0, 0.05) is 30.7 Å². The number of anilines is 1. The number of carbonyl (C=O) groups is 1. The first-order chi connectivity index (χ1) is 30.7. The number of carbonyl (C=O) groups excluding carboxylic acids is 1. The highest BCUT2D eigenvalue weighted by atomic mass is 35.5. The fourth-order valence-electron chi connectivity index (χ4n) is 9.04. The largest absolute Gasteiger partial charge is 0.508 e. The van der Waals surface area contributed by atoms with Gasteiger partial charge in [-0.05, 0) is 78.4 Å². The van der Waals surface area contributed by atoms with E-state index in [0.29, 0.717) is 22.1 Å². The molecule has 0 spiro atoms. The lowest BCUT2D eigenvalue weighted by molar-refractivity contribution is -0.122. The molecule has 1 saturated carbocycles. The molecule has 3 aromatic heterocycles. The van der Waals surface area contributed by atoms with Crippen LogP contribution in [0.3, 0.4) is 0 Å². The number of aromatic hydroxyl groups is 1. The fraction of sp³-hybridized carbons (Fsp3) is 0.279. The van der Waals surface area contributed by atoms with Gasteiger partial charge in [-0.1, -0.05) is 23.7 Å². The van der Waals surface area contributed by atoms with Crippen LogP contribution in [-0.4, -0.2) is 61.9 Å². The Morgan fingerprint density at radius 1 is 1.03 bits per heavy atom. The number of alkyl halides is 4. The van der Waals surface area contributed by atoms with Gasteiger partial charge < -0.3 is 15.6 Å². The maximum absolute atomic E-state index is 16.2. The summed E-state index contributed by atoms with van der Waals surface area (Å²) in [6, 6.07) is 12.8. The highest BCUT2D eigenvalue weighted by molar-refractivity contribution is 7.92.